The summed E-state index contributed by atoms with van der Waals surface area (Å²) < 4.78 is 6.08. The summed E-state index contributed by atoms with van der Waals surface area (Å²) >= 11 is 0. The molecule has 3 N–H and O–H groups in total. The largest absolute Gasteiger partial charge is 0.457 e. The minimum atomic E-state index is -1.04. The molecule has 0 spiro atoms. The number of rotatable bonds is 6. The lowest BCUT2D eigenvalue weighted by Crippen LogP contribution is -2.69. The molecule has 1 aromatic heterocycles. The normalized spacial score (nSPS) is 37.8. The van der Waals surface area contributed by atoms with Crippen molar-refractivity contribution in [3.63, 3.8) is 0 Å². The maximum Gasteiger partial charge on any atom is 0.309 e. The van der Waals surface area contributed by atoms with Crippen LogP contribution in [-0.4, -0.2) is 74.6 Å². The predicted octanol–water partition coefficient (Wildman–Crippen LogP) is 6.23. The smallest absolute Gasteiger partial charge is 0.309 e. The van der Waals surface area contributed by atoms with E-state index >= 15 is 0 Å². The third kappa shape index (κ3) is 7.98. The van der Waals surface area contributed by atoms with Crippen LogP contribution in [0.15, 0.2) is 60.3 Å². The number of nitrogens with one attached hydrogen (secondary N) is 1. The number of esters is 1. The Balaban J connectivity index is 1.45. The van der Waals surface area contributed by atoms with Crippen molar-refractivity contribution in [3.8, 4) is 0 Å². The van der Waals surface area contributed by atoms with Crippen molar-refractivity contribution < 1.29 is 19.7 Å². The molecule has 0 amide bonds. The number of aliphatic hydroxyl groups excluding tert-OH is 1. The average molecular weight is 620 g/mol. The van der Waals surface area contributed by atoms with Crippen LogP contribution in [0.2, 0.25) is 0 Å². The molecule has 1 aromatic rings. The molecule has 0 radical (unpaired) electrons. The van der Waals surface area contributed by atoms with Gasteiger partial charge in [0.05, 0.1) is 18.1 Å². The molecule has 4 aliphatic rings. The predicted molar refractivity (Wildman–Crippen MR) is 180 cm³/mol. The molecule has 5 rings (SSSR count). The summed E-state index contributed by atoms with van der Waals surface area (Å²) in [6.07, 6.45) is 21.7. The number of pyridine rings is 1. The minimum Gasteiger partial charge on any atom is -0.457 e. The second-order valence-corrected chi connectivity index (χ2v) is 14.7. The van der Waals surface area contributed by atoms with E-state index in [-0.39, 0.29) is 29.7 Å². The topological polar surface area (TPSA) is 94.9 Å². The lowest BCUT2D eigenvalue weighted by atomic mass is 9.68. The highest BCUT2D eigenvalue weighted by Gasteiger charge is 2.58. The second kappa shape index (κ2) is 15.1. The molecular weight excluding hydrogens is 562 g/mol. The molecular formula is C38H57N3O4. The van der Waals surface area contributed by atoms with Crippen LogP contribution in [0.1, 0.15) is 110 Å². The molecule has 8 atom stereocenters. The van der Waals surface area contributed by atoms with Gasteiger partial charge in [-0.25, -0.2) is 0 Å². The van der Waals surface area contributed by atoms with Crippen LogP contribution in [-0.2, 0) is 9.53 Å². The van der Waals surface area contributed by atoms with Crippen molar-refractivity contribution in [3.05, 3.63) is 66.0 Å². The number of carbonyl (C=O) groups is 1. The minimum absolute atomic E-state index is 0.0729. The number of carbonyl (C=O) groups excluding carboxylic acids is 1. The van der Waals surface area contributed by atoms with E-state index < -0.39 is 23.8 Å². The number of allylic oxidation sites excluding steroid dienone is 3. The number of hydrogen-bond donors (Lipinski definition) is 3. The Morgan fingerprint density at radius 2 is 1.89 bits per heavy atom. The summed E-state index contributed by atoms with van der Waals surface area (Å²) in [6, 6.07) is 6.98. The lowest BCUT2D eigenvalue weighted by molar-refractivity contribution is -0.151. The quantitative estimate of drug-likeness (QED) is 0.150. The van der Waals surface area contributed by atoms with Gasteiger partial charge in [-0.3, -0.25) is 14.7 Å². The first-order valence-corrected chi connectivity index (χ1v) is 17.6. The molecule has 2 unspecified atom stereocenters. The number of aliphatic hydroxyl groups is 2. The van der Waals surface area contributed by atoms with Gasteiger partial charge in [0.25, 0.3) is 0 Å². The number of hydrogen-bond acceptors (Lipinski definition) is 7. The van der Waals surface area contributed by atoms with Crippen molar-refractivity contribution >= 4 is 5.97 Å². The molecule has 1 saturated carbocycles. The Kier molecular flexibility index (Phi) is 11.4. The number of cyclic esters (lactones) is 1. The van der Waals surface area contributed by atoms with Gasteiger partial charge in [-0.15, -0.1) is 0 Å². The maximum atomic E-state index is 13.0. The Morgan fingerprint density at radius 3 is 2.62 bits per heavy atom. The third-order valence-corrected chi connectivity index (χ3v) is 11.2. The summed E-state index contributed by atoms with van der Waals surface area (Å²) in [4.78, 5) is 20.3. The second-order valence-electron chi connectivity index (χ2n) is 14.7. The molecule has 7 heteroatoms. The van der Waals surface area contributed by atoms with Crippen molar-refractivity contribution in [2.75, 3.05) is 13.1 Å². The average Bonchev–Trinajstić information content (AvgIpc) is 3.19. The van der Waals surface area contributed by atoms with Crippen LogP contribution in [0.4, 0.5) is 0 Å². The number of fused-ring (bicyclic) bond motifs is 2. The molecule has 45 heavy (non-hydrogen) atoms. The van der Waals surface area contributed by atoms with E-state index in [1.165, 1.54) is 38.5 Å². The number of ether oxygens (including phenoxy) is 1. The van der Waals surface area contributed by atoms with Crippen molar-refractivity contribution in [1.82, 2.24) is 15.2 Å². The van der Waals surface area contributed by atoms with Crippen LogP contribution in [0.3, 0.4) is 0 Å². The molecule has 7 nitrogen and oxygen atoms in total. The van der Waals surface area contributed by atoms with Crippen LogP contribution >= 0.6 is 0 Å². The van der Waals surface area contributed by atoms with Crippen molar-refractivity contribution in [1.29, 1.82) is 0 Å². The van der Waals surface area contributed by atoms with E-state index in [1.807, 2.05) is 50.4 Å². The summed E-state index contributed by atoms with van der Waals surface area (Å²) in [6.45, 7) is 10.0. The number of nitrogens with zero attached hydrogens (tertiary/aromatic N) is 2. The molecule has 3 fully saturated rings. The monoisotopic (exact) mass is 619 g/mol. The van der Waals surface area contributed by atoms with Crippen LogP contribution in [0.25, 0.3) is 0 Å². The van der Waals surface area contributed by atoms with Crippen LogP contribution in [0, 0.1) is 11.8 Å². The van der Waals surface area contributed by atoms with Gasteiger partial charge in [0.15, 0.2) is 0 Å². The zero-order valence-corrected chi connectivity index (χ0v) is 28.0. The highest BCUT2D eigenvalue weighted by molar-refractivity contribution is 5.70. The Labute approximate surface area is 271 Å². The first-order chi connectivity index (χ1) is 21.6. The van der Waals surface area contributed by atoms with Gasteiger partial charge in [-0.05, 0) is 70.1 Å². The molecule has 2 bridgehead atoms. The molecule has 3 aliphatic heterocycles. The van der Waals surface area contributed by atoms with E-state index in [2.05, 4.69) is 47.3 Å². The third-order valence-electron chi connectivity index (χ3n) is 11.2. The van der Waals surface area contributed by atoms with Gasteiger partial charge in [0.2, 0.25) is 0 Å². The zero-order chi connectivity index (χ0) is 32.0. The van der Waals surface area contributed by atoms with Gasteiger partial charge in [-0.2, -0.15) is 0 Å². The Morgan fingerprint density at radius 1 is 1.11 bits per heavy atom. The molecule has 1 aliphatic carbocycles. The van der Waals surface area contributed by atoms with Gasteiger partial charge in [0.1, 0.15) is 6.10 Å². The highest BCUT2D eigenvalue weighted by atomic mass is 16.5. The van der Waals surface area contributed by atoms with E-state index in [4.69, 9.17) is 4.74 Å². The van der Waals surface area contributed by atoms with E-state index in [0.29, 0.717) is 24.9 Å². The molecule has 4 heterocycles. The number of aromatic nitrogens is 1. The Hall–Kier alpha value is -2.32. The molecule has 2 saturated heterocycles. The maximum absolute atomic E-state index is 13.0. The first kappa shape index (κ1) is 34.0. The molecule has 248 valence electrons. The van der Waals surface area contributed by atoms with E-state index in [9.17, 15) is 15.0 Å². The fourth-order valence-electron chi connectivity index (χ4n) is 8.79. The highest BCUT2D eigenvalue weighted by Crippen LogP contribution is 2.50. The summed E-state index contributed by atoms with van der Waals surface area (Å²) in [5.74, 6) is -0.492. The van der Waals surface area contributed by atoms with Crippen molar-refractivity contribution in [2.45, 2.75) is 140 Å². The standard InChI is InChI=1S/C38H57N3O4/c1-27(33-16-9-10-23-40-33)12-11-13-28(2)36-29(3)17-18-34(37(4,44)21-20-32(42)24-35(43)45-36)38-22-19-31(25-39-26-38)41(38)30-14-7-5-6-8-15-30/h9-13,16-18,23,27,29-32,34,36,39,42,44H,5-8,14-15,19-22,24-26H2,1-4H3/b12-11+,18-17+,28-13+/t27-,29-,31?,32-,34+,36+,37-,38?/m0/s1. The lowest BCUT2D eigenvalue weighted by Gasteiger charge is -2.55. The van der Waals surface area contributed by atoms with Gasteiger partial charge < -0.3 is 20.3 Å². The summed E-state index contributed by atoms with van der Waals surface area (Å²) in [5, 5.41) is 27.0. The van der Waals surface area contributed by atoms with Gasteiger partial charge >= 0.3 is 5.97 Å². The molecule has 0 aromatic carbocycles. The SMILES string of the molecule is C/C(=C\C=C\[C@H](C)c1ccccn1)[C@H]1OC(=O)C[C@@H](O)CC[C@](C)(O)[C@H](C23CCC(CNC2)N3C2CCCCCC2)/C=C/[C@@H]1C. The fraction of sp³-hybridized carbons (Fsp3) is 0.684. The van der Waals surface area contributed by atoms with Crippen LogP contribution < -0.4 is 5.32 Å². The zero-order valence-electron chi connectivity index (χ0n) is 28.0. The first-order valence-electron chi connectivity index (χ1n) is 17.6. The fourth-order valence-corrected chi connectivity index (χ4v) is 8.79. The Bertz CT molecular complexity index is 1200. The summed E-state index contributed by atoms with van der Waals surface area (Å²) in [5.41, 5.74) is 0.721. The van der Waals surface area contributed by atoms with E-state index in [1.54, 1.807) is 0 Å². The van der Waals surface area contributed by atoms with Crippen LogP contribution in [0.5, 0.6) is 0 Å². The number of piperazine rings is 1. The summed E-state index contributed by atoms with van der Waals surface area (Å²) in [7, 11) is 0. The van der Waals surface area contributed by atoms with Crippen molar-refractivity contribution in [2.24, 2.45) is 11.8 Å². The van der Waals surface area contributed by atoms with Gasteiger partial charge in [0, 0.05) is 60.4 Å². The van der Waals surface area contributed by atoms with Gasteiger partial charge in [-0.1, -0.05) is 76.0 Å². The van der Waals surface area contributed by atoms with E-state index in [0.717, 1.165) is 37.2 Å².